The van der Waals surface area contributed by atoms with E-state index in [1.54, 1.807) is 53.7 Å². The van der Waals surface area contributed by atoms with E-state index in [2.05, 4.69) is 37.9 Å². The summed E-state index contributed by atoms with van der Waals surface area (Å²) in [5.74, 6) is -1.05. The Balaban J connectivity index is 2.22. The van der Waals surface area contributed by atoms with Crippen molar-refractivity contribution in [3.63, 3.8) is 0 Å². The van der Waals surface area contributed by atoms with Gasteiger partial charge in [-0.2, -0.15) is 5.26 Å². The molecule has 3 rings (SSSR count). The molecule has 0 aromatic heterocycles. The Morgan fingerprint density at radius 2 is 1.05 bits per heavy atom. The second kappa shape index (κ2) is 14.3. The van der Waals surface area contributed by atoms with Crippen molar-refractivity contribution < 1.29 is 19.1 Å². The van der Waals surface area contributed by atoms with Crippen LogP contribution < -0.4 is 0 Å². The van der Waals surface area contributed by atoms with Gasteiger partial charge < -0.3 is 9.47 Å². The van der Waals surface area contributed by atoms with Gasteiger partial charge in [0.2, 0.25) is 0 Å². The van der Waals surface area contributed by atoms with E-state index in [1.165, 1.54) is 0 Å². The molecule has 7 heteroatoms. The Bertz CT molecular complexity index is 1430. The van der Waals surface area contributed by atoms with Gasteiger partial charge in [-0.1, -0.05) is 86.5 Å². The van der Waals surface area contributed by atoms with Crippen LogP contribution in [-0.4, -0.2) is 23.1 Å². The van der Waals surface area contributed by atoms with Crippen LogP contribution in [0, 0.1) is 11.3 Å². The summed E-state index contributed by atoms with van der Waals surface area (Å²) in [6.07, 6.45) is 3.50. The zero-order chi connectivity index (χ0) is 31.8. The molecule has 0 bridgehead atoms. The van der Waals surface area contributed by atoms with E-state index in [-0.39, 0.29) is 12.8 Å². The SMILES string of the molecule is CC(C)(C)OC(=O)/C(=C/c1ccc(Br)cc1)CC(C#N)(C/C(=C\c1ccc(Br)cc1)C(=O)OC(C)(C)C)c1ccccc1. The number of ether oxygens (including phenoxy) is 2. The van der Waals surface area contributed by atoms with Crippen molar-refractivity contribution in [2.75, 3.05) is 0 Å². The number of halogens is 2. The molecule has 224 valence electrons. The van der Waals surface area contributed by atoms with E-state index in [4.69, 9.17) is 9.47 Å². The van der Waals surface area contributed by atoms with Crippen LogP contribution in [-0.2, 0) is 24.5 Å². The van der Waals surface area contributed by atoms with Gasteiger partial charge in [0.15, 0.2) is 0 Å². The molecule has 43 heavy (non-hydrogen) atoms. The van der Waals surface area contributed by atoms with Crippen molar-refractivity contribution in [2.24, 2.45) is 0 Å². The van der Waals surface area contributed by atoms with Crippen molar-refractivity contribution in [3.8, 4) is 6.07 Å². The lowest BCUT2D eigenvalue weighted by Crippen LogP contribution is -2.32. The van der Waals surface area contributed by atoms with Crippen molar-refractivity contribution in [3.05, 3.63) is 116 Å². The molecule has 0 unspecified atom stereocenters. The normalized spacial score (nSPS) is 13.9. The maximum absolute atomic E-state index is 13.7. The molecule has 0 saturated carbocycles. The predicted octanol–water partition coefficient (Wildman–Crippen LogP) is 9.60. The molecule has 0 radical (unpaired) electrons. The molecule has 0 atom stereocenters. The summed E-state index contributed by atoms with van der Waals surface area (Å²) >= 11 is 6.91. The summed E-state index contributed by atoms with van der Waals surface area (Å²) in [5.41, 5.74) is 0.0563. The third-order valence-electron chi connectivity index (χ3n) is 6.27. The zero-order valence-electron chi connectivity index (χ0n) is 25.4. The van der Waals surface area contributed by atoms with Crippen LogP contribution in [0.15, 0.2) is 99.0 Å². The number of benzene rings is 3. The molecule has 0 amide bonds. The molecule has 3 aromatic carbocycles. The average molecular weight is 708 g/mol. The van der Waals surface area contributed by atoms with Gasteiger partial charge in [-0.05, 0) is 94.7 Å². The predicted molar refractivity (Wildman–Crippen MR) is 179 cm³/mol. The highest BCUT2D eigenvalue weighted by Crippen LogP contribution is 2.39. The van der Waals surface area contributed by atoms with E-state index in [1.807, 2.05) is 78.9 Å². The Labute approximate surface area is 271 Å². The van der Waals surface area contributed by atoms with Crippen LogP contribution in [0.3, 0.4) is 0 Å². The summed E-state index contributed by atoms with van der Waals surface area (Å²) in [5, 5.41) is 10.9. The Morgan fingerprint density at radius 3 is 1.37 bits per heavy atom. The molecule has 0 aliphatic carbocycles. The maximum atomic E-state index is 13.7. The first kappa shape index (κ1) is 34.0. The fraction of sp³-hybridized carbons (Fsp3) is 0.306. The molecule has 0 aliphatic rings. The summed E-state index contributed by atoms with van der Waals surface area (Å²) in [6.45, 7) is 10.8. The number of nitrogens with zero attached hydrogens (tertiary/aromatic N) is 1. The molecule has 0 heterocycles. The number of hydrogen-bond acceptors (Lipinski definition) is 5. The van der Waals surface area contributed by atoms with Gasteiger partial charge in [0.05, 0.1) is 11.5 Å². The lowest BCUT2D eigenvalue weighted by Gasteiger charge is -2.31. The van der Waals surface area contributed by atoms with Crippen LogP contribution >= 0.6 is 31.9 Å². The van der Waals surface area contributed by atoms with E-state index in [9.17, 15) is 14.9 Å². The molecule has 3 aromatic rings. The molecule has 0 N–H and O–H groups in total. The molecular formula is C36H37Br2NO4. The van der Waals surface area contributed by atoms with Crippen LogP contribution in [0.2, 0.25) is 0 Å². The first-order valence-electron chi connectivity index (χ1n) is 13.9. The average Bonchev–Trinajstić information content (AvgIpc) is 2.92. The minimum Gasteiger partial charge on any atom is -0.457 e. The van der Waals surface area contributed by atoms with Crippen LogP contribution in [0.25, 0.3) is 12.2 Å². The number of esters is 2. The summed E-state index contributed by atoms with van der Waals surface area (Å²) in [4.78, 5) is 27.3. The lowest BCUT2D eigenvalue weighted by atomic mass is 9.71. The van der Waals surface area contributed by atoms with Gasteiger partial charge in [-0.25, -0.2) is 9.59 Å². The van der Waals surface area contributed by atoms with Crippen molar-refractivity contribution in [1.82, 2.24) is 0 Å². The van der Waals surface area contributed by atoms with E-state index in [0.29, 0.717) is 16.7 Å². The molecule has 0 aliphatic heterocycles. The molecule has 5 nitrogen and oxygen atoms in total. The van der Waals surface area contributed by atoms with Crippen LogP contribution in [0.1, 0.15) is 71.1 Å². The quantitative estimate of drug-likeness (QED) is 0.164. The molecule has 0 fully saturated rings. The van der Waals surface area contributed by atoms with Crippen LogP contribution in [0.4, 0.5) is 0 Å². The van der Waals surface area contributed by atoms with Gasteiger partial charge in [-0.15, -0.1) is 0 Å². The number of nitriles is 1. The smallest absolute Gasteiger partial charge is 0.334 e. The first-order chi connectivity index (χ1) is 20.1. The van der Waals surface area contributed by atoms with Gasteiger partial charge in [-0.3, -0.25) is 0 Å². The highest BCUT2D eigenvalue weighted by molar-refractivity contribution is 9.10. The highest BCUT2D eigenvalue weighted by atomic mass is 79.9. The number of rotatable bonds is 9. The first-order valence-corrected chi connectivity index (χ1v) is 15.5. The van der Waals surface area contributed by atoms with Crippen molar-refractivity contribution in [2.45, 2.75) is 71.0 Å². The van der Waals surface area contributed by atoms with Gasteiger partial charge in [0.1, 0.15) is 11.2 Å². The van der Waals surface area contributed by atoms with Gasteiger partial charge >= 0.3 is 11.9 Å². The van der Waals surface area contributed by atoms with Crippen molar-refractivity contribution in [1.29, 1.82) is 5.26 Å². The summed E-state index contributed by atoms with van der Waals surface area (Å²) in [7, 11) is 0. The third-order valence-corrected chi connectivity index (χ3v) is 7.33. The minimum absolute atomic E-state index is 0.00103. The molecular weight excluding hydrogens is 670 g/mol. The Kier molecular flexibility index (Phi) is 11.3. The Hall–Kier alpha value is -3.47. The monoisotopic (exact) mass is 705 g/mol. The second-order valence-electron chi connectivity index (χ2n) is 12.4. The lowest BCUT2D eigenvalue weighted by molar-refractivity contribution is -0.150. The second-order valence-corrected chi connectivity index (χ2v) is 14.2. The number of carbonyl (C=O) groups excluding carboxylic acids is 2. The van der Waals surface area contributed by atoms with E-state index >= 15 is 0 Å². The van der Waals surface area contributed by atoms with Gasteiger partial charge in [0, 0.05) is 32.9 Å². The van der Waals surface area contributed by atoms with Crippen LogP contribution in [0.5, 0.6) is 0 Å². The topological polar surface area (TPSA) is 76.4 Å². The fourth-order valence-electron chi connectivity index (χ4n) is 4.39. The number of hydrogen-bond donors (Lipinski definition) is 0. The third kappa shape index (κ3) is 10.6. The maximum Gasteiger partial charge on any atom is 0.334 e. The summed E-state index contributed by atoms with van der Waals surface area (Å²) in [6, 6.07) is 26.8. The van der Waals surface area contributed by atoms with E-state index in [0.717, 1.165) is 20.1 Å². The van der Waals surface area contributed by atoms with Gasteiger partial charge in [0.25, 0.3) is 0 Å². The minimum atomic E-state index is -1.31. The Morgan fingerprint density at radius 1 is 0.674 bits per heavy atom. The van der Waals surface area contributed by atoms with E-state index < -0.39 is 28.6 Å². The largest absolute Gasteiger partial charge is 0.457 e. The zero-order valence-corrected chi connectivity index (χ0v) is 28.6. The fourth-order valence-corrected chi connectivity index (χ4v) is 4.92. The number of carbonyl (C=O) groups is 2. The summed E-state index contributed by atoms with van der Waals surface area (Å²) < 4.78 is 13.4. The highest BCUT2D eigenvalue weighted by Gasteiger charge is 2.39. The molecule has 0 saturated heterocycles. The van der Waals surface area contributed by atoms with Crippen molar-refractivity contribution >= 4 is 56.0 Å². The molecule has 0 spiro atoms. The standard InChI is InChI=1S/C36H37Br2NO4/c1-34(2,3)42-32(40)27(20-25-12-16-30(37)17-13-25)22-36(24-39,29-10-8-7-9-11-29)23-28(33(41)43-35(4,5)6)21-26-14-18-31(38)19-15-26/h7-21H,22-23H2,1-6H3/b27-20+,28-21+.